The van der Waals surface area contributed by atoms with E-state index in [9.17, 15) is 0 Å². The molecule has 2 rings (SSSR count). The molecule has 19 heavy (non-hydrogen) atoms. The van der Waals surface area contributed by atoms with Crippen molar-refractivity contribution in [1.82, 2.24) is 10.2 Å². The Kier molecular flexibility index (Phi) is 5.41. The highest BCUT2D eigenvalue weighted by atomic mass is 15.2. The number of aryl methyl sites for hydroxylation is 1. The van der Waals surface area contributed by atoms with Crippen LogP contribution in [0.25, 0.3) is 0 Å². The maximum absolute atomic E-state index is 3.75. The van der Waals surface area contributed by atoms with Crippen molar-refractivity contribution >= 4 is 0 Å². The molecule has 1 aromatic rings. The van der Waals surface area contributed by atoms with Crippen molar-refractivity contribution in [2.24, 2.45) is 0 Å². The predicted octanol–water partition coefficient (Wildman–Crippen LogP) is 3.21. The van der Waals surface area contributed by atoms with Gasteiger partial charge in [-0.15, -0.1) is 0 Å². The number of likely N-dealkylation sites (tertiary alicyclic amines) is 1. The van der Waals surface area contributed by atoms with E-state index in [4.69, 9.17) is 0 Å². The zero-order valence-electron chi connectivity index (χ0n) is 12.7. The molecule has 1 saturated heterocycles. The van der Waals surface area contributed by atoms with Crippen LogP contribution in [0.4, 0.5) is 0 Å². The third kappa shape index (κ3) is 4.05. The van der Waals surface area contributed by atoms with Gasteiger partial charge in [-0.25, -0.2) is 0 Å². The van der Waals surface area contributed by atoms with Gasteiger partial charge in [0.05, 0.1) is 0 Å². The minimum absolute atomic E-state index is 0.694. The van der Waals surface area contributed by atoms with Gasteiger partial charge in [-0.2, -0.15) is 0 Å². The van der Waals surface area contributed by atoms with E-state index < -0.39 is 0 Å². The highest BCUT2D eigenvalue weighted by molar-refractivity contribution is 5.26. The molecule has 1 fully saturated rings. The van der Waals surface area contributed by atoms with Crippen molar-refractivity contribution in [1.29, 1.82) is 0 Å². The summed E-state index contributed by atoms with van der Waals surface area (Å²) in [5, 5.41) is 3.75. The average molecular weight is 260 g/mol. The molecule has 2 heteroatoms. The fraction of sp³-hybridized carbons (Fsp3) is 0.647. The van der Waals surface area contributed by atoms with Gasteiger partial charge in [-0.05, 0) is 57.3 Å². The van der Waals surface area contributed by atoms with Crippen LogP contribution in [0, 0.1) is 0 Å². The Bertz CT molecular complexity index is 379. The van der Waals surface area contributed by atoms with Gasteiger partial charge in [0.15, 0.2) is 0 Å². The van der Waals surface area contributed by atoms with Crippen molar-refractivity contribution in [2.75, 3.05) is 13.1 Å². The van der Waals surface area contributed by atoms with Crippen molar-refractivity contribution in [3.8, 4) is 0 Å². The lowest BCUT2D eigenvalue weighted by molar-refractivity contribution is 0.161. The summed E-state index contributed by atoms with van der Waals surface area (Å²) in [6.07, 6.45) is 3.70. The lowest BCUT2D eigenvalue weighted by Crippen LogP contribution is -2.44. The minimum Gasteiger partial charge on any atom is -0.310 e. The molecule has 1 heterocycles. The molecule has 0 bridgehead atoms. The van der Waals surface area contributed by atoms with Crippen LogP contribution in [0.3, 0.4) is 0 Å². The molecule has 0 saturated carbocycles. The first-order chi connectivity index (χ1) is 9.20. The minimum atomic E-state index is 0.694. The summed E-state index contributed by atoms with van der Waals surface area (Å²) >= 11 is 0. The molecule has 0 atom stereocenters. The largest absolute Gasteiger partial charge is 0.310 e. The Morgan fingerprint density at radius 1 is 1.16 bits per heavy atom. The first-order valence-electron chi connectivity index (χ1n) is 7.75. The number of benzene rings is 1. The van der Waals surface area contributed by atoms with Crippen LogP contribution < -0.4 is 5.32 Å². The molecule has 1 aromatic carbocycles. The number of hydrogen-bond donors (Lipinski definition) is 1. The molecule has 0 unspecified atom stereocenters. The molecular formula is C17H28N2. The van der Waals surface area contributed by atoms with Gasteiger partial charge in [0.25, 0.3) is 0 Å². The second-order valence-electron chi connectivity index (χ2n) is 5.91. The molecule has 106 valence electrons. The van der Waals surface area contributed by atoms with Crippen molar-refractivity contribution in [2.45, 2.75) is 58.7 Å². The van der Waals surface area contributed by atoms with Gasteiger partial charge in [0.1, 0.15) is 0 Å². The van der Waals surface area contributed by atoms with E-state index in [0.717, 1.165) is 13.0 Å². The Balaban J connectivity index is 1.80. The van der Waals surface area contributed by atoms with Gasteiger partial charge in [-0.1, -0.05) is 31.2 Å². The smallest absolute Gasteiger partial charge is 0.0210 e. The van der Waals surface area contributed by atoms with Crippen LogP contribution in [-0.4, -0.2) is 30.1 Å². The molecule has 0 amide bonds. The van der Waals surface area contributed by atoms with E-state index in [1.807, 2.05) is 0 Å². The Morgan fingerprint density at radius 3 is 2.37 bits per heavy atom. The topological polar surface area (TPSA) is 15.3 Å². The Labute approximate surface area is 118 Å². The van der Waals surface area contributed by atoms with Gasteiger partial charge in [-0.3, -0.25) is 0 Å². The summed E-state index contributed by atoms with van der Waals surface area (Å²) < 4.78 is 0. The third-order valence-corrected chi connectivity index (χ3v) is 4.34. The standard InChI is InChI=1S/C17H28N2/c1-4-15-7-5-6-8-16(15)13-18-17-9-11-19(12-10-17)14(2)3/h5-8,14,17-18H,4,9-13H2,1-3H3. The summed E-state index contributed by atoms with van der Waals surface area (Å²) in [5.41, 5.74) is 2.95. The van der Waals surface area contributed by atoms with Gasteiger partial charge < -0.3 is 10.2 Å². The molecule has 1 aliphatic rings. The highest BCUT2D eigenvalue weighted by Crippen LogP contribution is 2.15. The first kappa shape index (κ1) is 14.5. The quantitative estimate of drug-likeness (QED) is 0.874. The van der Waals surface area contributed by atoms with E-state index in [-0.39, 0.29) is 0 Å². The number of hydrogen-bond acceptors (Lipinski definition) is 2. The second-order valence-corrected chi connectivity index (χ2v) is 5.91. The fourth-order valence-electron chi connectivity index (χ4n) is 2.95. The van der Waals surface area contributed by atoms with E-state index in [2.05, 4.69) is 55.3 Å². The maximum atomic E-state index is 3.75. The van der Waals surface area contributed by atoms with Crippen molar-refractivity contribution in [3.05, 3.63) is 35.4 Å². The summed E-state index contributed by atoms with van der Waals surface area (Å²) in [4.78, 5) is 2.58. The maximum Gasteiger partial charge on any atom is 0.0210 e. The van der Waals surface area contributed by atoms with Gasteiger partial charge in [0.2, 0.25) is 0 Å². The van der Waals surface area contributed by atoms with E-state index in [1.54, 1.807) is 0 Å². The molecule has 0 aromatic heterocycles. The van der Waals surface area contributed by atoms with Crippen LogP contribution in [0.1, 0.15) is 44.7 Å². The van der Waals surface area contributed by atoms with Crippen LogP contribution >= 0.6 is 0 Å². The third-order valence-electron chi connectivity index (χ3n) is 4.34. The van der Waals surface area contributed by atoms with Crippen LogP contribution in [0.5, 0.6) is 0 Å². The average Bonchev–Trinajstić information content (AvgIpc) is 2.45. The lowest BCUT2D eigenvalue weighted by atomic mass is 10.0. The summed E-state index contributed by atoms with van der Waals surface area (Å²) in [6, 6.07) is 10.2. The van der Waals surface area contributed by atoms with E-state index in [1.165, 1.54) is 37.1 Å². The van der Waals surface area contributed by atoms with Crippen LogP contribution in [0.15, 0.2) is 24.3 Å². The fourth-order valence-corrected chi connectivity index (χ4v) is 2.95. The van der Waals surface area contributed by atoms with Crippen molar-refractivity contribution < 1.29 is 0 Å². The van der Waals surface area contributed by atoms with Gasteiger partial charge in [0, 0.05) is 18.6 Å². The first-order valence-corrected chi connectivity index (χ1v) is 7.75. The molecule has 0 aliphatic carbocycles. The number of rotatable bonds is 5. The molecule has 1 aliphatic heterocycles. The van der Waals surface area contributed by atoms with Gasteiger partial charge >= 0.3 is 0 Å². The molecule has 1 N–H and O–H groups in total. The molecule has 0 radical (unpaired) electrons. The zero-order chi connectivity index (χ0) is 13.7. The molecular weight excluding hydrogens is 232 g/mol. The normalized spacial score (nSPS) is 18.1. The summed E-state index contributed by atoms with van der Waals surface area (Å²) in [6.45, 7) is 10.3. The second kappa shape index (κ2) is 7.06. The monoisotopic (exact) mass is 260 g/mol. The molecule has 0 spiro atoms. The SMILES string of the molecule is CCc1ccccc1CNC1CCN(C(C)C)CC1. The van der Waals surface area contributed by atoms with Crippen LogP contribution in [0.2, 0.25) is 0 Å². The van der Waals surface area contributed by atoms with Crippen molar-refractivity contribution in [3.63, 3.8) is 0 Å². The molecule has 2 nitrogen and oxygen atoms in total. The summed E-state index contributed by atoms with van der Waals surface area (Å²) in [5.74, 6) is 0. The number of nitrogens with zero attached hydrogens (tertiary/aromatic N) is 1. The Morgan fingerprint density at radius 2 is 1.79 bits per heavy atom. The summed E-state index contributed by atoms with van der Waals surface area (Å²) in [7, 11) is 0. The zero-order valence-corrected chi connectivity index (χ0v) is 12.7. The van der Waals surface area contributed by atoms with E-state index in [0.29, 0.717) is 12.1 Å². The van der Waals surface area contributed by atoms with E-state index >= 15 is 0 Å². The predicted molar refractivity (Wildman–Crippen MR) is 82.4 cm³/mol. The number of piperidine rings is 1. The Hall–Kier alpha value is -0.860. The van der Waals surface area contributed by atoms with Crippen LogP contribution in [-0.2, 0) is 13.0 Å². The number of nitrogens with one attached hydrogen (secondary N) is 1. The highest BCUT2D eigenvalue weighted by Gasteiger charge is 2.20. The lowest BCUT2D eigenvalue weighted by Gasteiger charge is -2.35.